The van der Waals surface area contributed by atoms with E-state index in [0.717, 1.165) is 0 Å². The zero-order valence-corrected chi connectivity index (χ0v) is 9.68. The van der Waals surface area contributed by atoms with Crippen LogP contribution in [0.15, 0.2) is 18.2 Å². The number of amides is 1. The third-order valence-electron chi connectivity index (χ3n) is 2.02. The van der Waals surface area contributed by atoms with Gasteiger partial charge in [-0.3, -0.25) is 4.79 Å². The Morgan fingerprint density at radius 2 is 2.31 bits per heavy atom. The fourth-order valence-corrected chi connectivity index (χ4v) is 1.30. The van der Waals surface area contributed by atoms with E-state index in [1.54, 1.807) is 6.07 Å². The van der Waals surface area contributed by atoms with Crippen LogP contribution in [0.2, 0.25) is 0 Å². The Labute approximate surface area is 98.5 Å². The second-order valence-electron chi connectivity index (χ2n) is 3.14. The zero-order valence-electron chi connectivity index (χ0n) is 8.93. The van der Waals surface area contributed by atoms with E-state index in [4.69, 9.17) is 16.3 Å². The molecule has 0 saturated heterocycles. The van der Waals surface area contributed by atoms with Crippen LogP contribution in [0.25, 0.3) is 0 Å². The number of nitrogens with one attached hydrogen (secondary N) is 1. The topological polar surface area (TPSA) is 38.3 Å². The fraction of sp³-hybridized carbons (Fsp3) is 0.364. The Bertz CT molecular complexity index is 371. The predicted octanol–water partition coefficient (Wildman–Crippen LogP) is 2.19. The molecule has 0 aliphatic carbocycles. The smallest absolute Gasteiger partial charge is 0.254 e. The number of carbonyl (C=O) groups is 1. The van der Waals surface area contributed by atoms with Crippen molar-refractivity contribution in [2.75, 3.05) is 19.5 Å². The summed E-state index contributed by atoms with van der Waals surface area (Å²) in [5, 5.41) is 2.57. The van der Waals surface area contributed by atoms with Gasteiger partial charge in [0.05, 0.1) is 12.7 Å². The summed E-state index contributed by atoms with van der Waals surface area (Å²) in [5.74, 6) is -0.187. The van der Waals surface area contributed by atoms with Gasteiger partial charge < -0.3 is 10.1 Å². The molecule has 0 bridgehead atoms. The highest BCUT2D eigenvalue weighted by Gasteiger charge is 2.11. The van der Waals surface area contributed by atoms with Crippen LogP contribution in [-0.4, -0.2) is 25.4 Å². The van der Waals surface area contributed by atoms with Gasteiger partial charge in [0, 0.05) is 18.5 Å². The molecule has 0 saturated carbocycles. The molecule has 0 heterocycles. The summed E-state index contributed by atoms with van der Waals surface area (Å²) >= 11 is 5.46. The quantitative estimate of drug-likeness (QED) is 0.638. The lowest BCUT2D eigenvalue weighted by Gasteiger charge is -2.06. The van der Waals surface area contributed by atoms with Crippen molar-refractivity contribution in [2.24, 2.45) is 0 Å². The van der Waals surface area contributed by atoms with Crippen LogP contribution in [0, 0.1) is 5.82 Å². The Balaban J connectivity index is 2.68. The molecular weight excluding hydrogens is 233 g/mol. The normalized spacial score (nSPS) is 9.94. The standard InChI is InChI=1S/C11H13ClFNO2/c1-16-8-3-4-9(10(13)7-8)11(15)14-6-2-5-12/h3-4,7H,2,5-6H2,1H3,(H,14,15). The number of halogens is 2. The van der Waals surface area contributed by atoms with Gasteiger partial charge in [-0.1, -0.05) is 0 Å². The van der Waals surface area contributed by atoms with Crippen molar-refractivity contribution < 1.29 is 13.9 Å². The van der Waals surface area contributed by atoms with Gasteiger partial charge in [0.25, 0.3) is 5.91 Å². The first kappa shape index (κ1) is 12.8. The first-order chi connectivity index (χ1) is 7.69. The minimum Gasteiger partial charge on any atom is -0.497 e. The van der Waals surface area contributed by atoms with Gasteiger partial charge in [-0.2, -0.15) is 0 Å². The Morgan fingerprint density at radius 3 is 2.88 bits per heavy atom. The minimum atomic E-state index is -0.595. The van der Waals surface area contributed by atoms with Crippen LogP contribution < -0.4 is 10.1 Å². The molecule has 0 aliphatic rings. The third kappa shape index (κ3) is 3.38. The summed E-state index contributed by atoms with van der Waals surface area (Å²) in [6, 6.07) is 4.11. The molecule has 0 atom stereocenters. The van der Waals surface area contributed by atoms with Crippen LogP contribution in [0.5, 0.6) is 5.75 Å². The van der Waals surface area contributed by atoms with Crippen LogP contribution in [0.3, 0.4) is 0 Å². The lowest BCUT2D eigenvalue weighted by Crippen LogP contribution is -2.25. The number of methoxy groups -OCH3 is 1. The average Bonchev–Trinajstić information content (AvgIpc) is 2.29. The van der Waals surface area contributed by atoms with Gasteiger partial charge in [-0.15, -0.1) is 11.6 Å². The molecular formula is C11H13ClFNO2. The zero-order chi connectivity index (χ0) is 12.0. The van der Waals surface area contributed by atoms with E-state index in [2.05, 4.69) is 5.32 Å². The number of hydrogen-bond acceptors (Lipinski definition) is 2. The molecule has 0 radical (unpaired) electrons. The molecule has 1 aromatic rings. The molecule has 0 fully saturated rings. The highest BCUT2D eigenvalue weighted by atomic mass is 35.5. The van der Waals surface area contributed by atoms with Crippen molar-refractivity contribution >= 4 is 17.5 Å². The molecule has 0 spiro atoms. The van der Waals surface area contributed by atoms with Crippen molar-refractivity contribution in [3.05, 3.63) is 29.6 Å². The highest BCUT2D eigenvalue weighted by molar-refractivity contribution is 6.17. The van der Waals surface area contributed by atoms with Gasteiger partial charge in [-0.05, 0) is 18.6 Å². The molecule has 1 amide bonds. The second-order valence-corrected chi connectivity index (χ2v) is 3.52. The minimum absolute atomic E-state index is 0.00960. The van der Waals surface area contributed by atoms with E-state index in [0.29, 0.717) is 24.6 Å². The maximum absolute atomic E-state index is 13.4. The van der Waals surface area contributed by atoms with Crippen molar-refractivity contribution in [3.8, 4) is 5.75 Å². The Hall–Kier alpha value is -1.29. The van der Waals surface area contributed by atoms with E-state index in [9.17, 15) is 9.18 Å². The van der Waals surface area contributed by atoms with Gasteiger partial charge in [0.1, 0.15) is 11.6 Å². The van der Waals surface area contributed by atoms with Crippen LogP contribution in [0.4, 0.5) is 4.39 Å². The van der Waals surface area contributed by atoms with Gasteiger partial charge in [0.2, 0.25) is 0 Å². The van der Waals surface area contributed by atoms with Crippen LogP contribution >= 0.6 is 11.6 Å². The Morgan fingerprint density at radius 1 is 1.56 bits per heavy atom. The van der Waals surface area contributed by atoms with Crippen molar-refractivity contribution in [1.29, 1.82) is 0 Å². The van der Waals surface area contributed by atoms with Crippen LogP contribution in [0.1, 0.15) is 16.8 Å². The third-order valence-corrected chi connectivity index (χ3v) is 2.28. The van der Waals surface area contributed by atoms with Crippen molar-refractivity contribution in [3.63, 3.8) is 0 Å². The largest absolute Gasteiger partial charge is 0.497 e. The summed E-state index contributed by atoms with van der Waals surface area (Å²) in [7, 11) is 1.44. The molecule has 1 rings (SSSR count). The lowest BCUT2D eigenvalue weighted by molar-refractivity contribution is 0.0949. The first-order valence-corrected chi connectivity index (χ1v) is 5.40. The molecule has 1 N–H and O–H groups in total. The summed E-state index contributed by atoms with van der Waals surface area (Å²) in [5.41, 5.74) is 0.00960. The summed E-state index contributed by atoms with van der Waals surface area (Å²) in [4.78, 5) is 11.5. The van der Waals surface area contributed by atoms with E-state index >= 15 is 0 Å². The first-order valence-electron chi connectivity index (χ1n) is 4.86. The molecule has 0 aliphatic heterocycles. The number of benzene rings is 1. The number of alkyl halides is 1. The van der Waals surface area contributed by atoms with E-state index in [1.165, 1.54) is 19.2 Å². The molecule has 5 heteroatoms. The number of rotatable bonds is 5. The number of carbonyl (C=O) groups excluding carboxylic acids is 1. The van der Waals surface area contributed by atoms with E-state index in [-0.39, 0.29) is 5.56 Å². The van der Waals surface area contributed by atoms with Crippen molar-refractivity contribution in [2.45, 2.75) is 6.42 Å². The maximum atomic E-state index is 13.4. The molecule has 16 heavy (non-hydrogen) atoms. The molecule has 0 aromatic heterocycles. The SMILES string of the molecule is COc1ccc(C(=O)NCCCCl)c(F)c1. The van der Waals surface area contributed by atoms with Gasteiger partial charge in [-0.25, -0.2) is 4.39 Å². The van der Waals surface area contributed by atoms with Gasteiger partial charge in [0.15, 0.2) is 0 Å². The number of ether oxygens (including phenoxy) is 1. The Kier molecular flexibility index (Phi) is 5.05. The highest BCUT2D eigenvalue weighted by Crippen LogP contribution is 2.15. The average molecular weight is 246 g/mol. The number of hydrogen-bond donors (Lipinski definition) is 1. The van der Waals surface area contributed by atoms with Crippen LogP contribution in [-0.2, 0) is 0 Å². The summed E-state index contributed by atoms with van der Waals surface area (Å²) < 4.78 is 18.3. The molecule has 1 aromatic carbocycles. The van der Waals surface area contributed by atoms with E-state index < -0.39 is 11.7 Å². The monoisotopic (exact) mass is 245 g/mol. The lowest BCUT2D eigenvalue weighted by atomic mass is 10.2. The van der Waals surface area contributed by atoms with Crippen molar-refractivity contribution in [1.82, 2.24) is 5.32 Å². The molecule has 0 unspecified atom stereocenters. The van der Waals surface area contributed by atoms with Gasteiger partial charge >= 0.3 is 0 Å². The molecule has 88 valence electrons. The fourth-order valence-electron chi connectivity index (χ4n) is 1.17. The molecule has 3 nitrogen and oxygen atoms in total. The summed E-state index contributed by atoms with van der Waals surface area (Å²) in [6.45, 7) is 0.438. The second kappa shape index (κ2) is 6.33. The maximum Gasteiger partial charge on any atom is 0.254 e. The van der Waals surface area contributed by atoms with E-state index in [1.807, 2.05) is 0 Å². The predicted molar refractivity (Wildman–Crippen MR) is 60.6 cm³/mol. The summed E-state index contributed by atoms with van der Waals surface area (Å²) in [6.07, 6.45) is 0.658.